The van der Waals surface area contributed by atoms with E-state index in [1.807, 2.05) is 54.6 Å². The summed E-state index contributed by atoms with van der Waals surface area (Å²) in [5.41, 5.74) is 2.01. The maximum Gasteiger partial charge on any atom is 0.127 e. The van der Waals surface area contributed by atoms with E-state index in [1.165, 1.54) is 0 Å². The molecule has 0 aliphatic heterocycles. The van der Waals surface area contributed by atoms with Crippen molar-refractivity contribution in [2.45, 2.75) is 32.4 Å². The Morgan fingerprint density at radius 1 is 0.963 bits per heavy atom. The van der Waals surface area contributed by atoms with Crippen molar-refractivity contribution in [3.8, 4) is 5.75 Å². The molecule has 1 heterocycles. The topological polar surface area (TPSA) is 47.3 Å². The second-order valence-electron chi connectivity index (χ2n) is 7.17. The number of aliphatic hydroxyl groups is 1. The zero-order valence-corrected chi connectivity index (χ0v) is 15.7. The van der Waals surface area contributed by atoms with Crippen LogP contribution in [0.4, 0.5) is 0 Å². The van der Waals surface area contributed by atoms with E-state index in [9.17, 15) is 5.11 Å². The first-order valence-electron chi connectivity index (χ1n) is 9.37. The van der Waals surface area contributed by atoms with Crippen molar-refractivity contribution in [3.05, 3.63) is 72.6 Å². The Kier molecular flexibility index (Phi) is 4.82. The maximum atomic E-state index is 10.6. The number of ether oxygens (including phenoxy) is 1. The number of imidazole rings is 1. The van der Waals surface area contributed by atoms with E-state index in [1.54, 1.807) is 0 Å². The lowest BCUT2D eigenvalue weighted by Gasteiger charge is -2.17. The van der Waals surface area contributed by atoms with Gasteiger partial charge in [0.1, 0.15) is 24.3 Å². The zero-order chi connectivity index (χ0) is 18.8. The summed E-state index contributed by atoms with van der Waals surface area (Å²) in [5.74, 6) is 2.07. The largest absolute Gasteiger partial charge is 0.490 e. The van der Waals surface area contributed by atoms with Gasteiger partial charge in [-0.15, -0.1) is 0 Å². The smallest absolute Gasteiger partial charge is 0.127 e. The predicted molar refractivity (Wildman–Crippen MR) is 109 cm³/mol. The first kappa shape index (κ1) is 17.6. The van der Waals surface area contributed by atoms with Crippen LogP contribution in [0.5, 0.6) is 5.75 Å². The molecule has 4 heteroatoms. The molecular formula is C23H24N2O2. The van der Waals surface area contributed by atoms with Crippen molar-refractivity contribution in [1.29, 1.82) is 0 Å². The summed E-state index contributed by atoms with van der Waals surface area (Å²) in [6, 6.07) is 22.1. The molecule has 4 aromatic rings. The summed E-state index contributed by atoms with van der Waals surface area (Å²) in [6.45, 7) is 4.93. The van der Waals surface area contributed by atoms with E-state index in [4.69, 9.17) is 9.72 Å². The van der Waals surface area contributed by atoms with Crippen molar-refractivity contribution in [1.82, 2.24) is 9.55 Å². The number of para-hydroxylation sites is 2. The Labute approximate surface area is 159 Å². The number of aromatic nitrogens is 2. The molecule has 0 fully saturated rings. The van der Waals surface area contributed by atoms with Crippen LogP contribution in [-0.2, 0) is 6.54 Å². The number of fused-ring (bicyclic) bond motifs is 2. The van der Waals surface area contributed by atoms with Crippen LogP contribution >= 0.6 is 0 Å². The second kappa shape index (κ2) is 7.41. The highest BCUT2D eigenvalue weighted by Crippen LogP contribution is 2.26. The molecule has 3 aromatic carbocycles. The third-order valence-electron chi connectivity index (χ3n) is 4.77. The van der Waals surface area contributed by atoms with E-state index >= 15 is 0 Å². The average molecular weight is 360 g/mol. The third kappa shape index (κ3) is 3.53. The number of nitrogens with zero attached hydrogens (tertiary/aromatic N) is 2. The molecule has 0 saturated heterocycles. The van der Waals surface area contributed by atoms with Gasteiger partial charge in [0.2, 0.25) is 0 Å². The normalized spacial score (nSPS) is 12.7. The van der Waals surface area contributed by atoms with Gasteiger partial charge in [0, 0.05) is 11.3 Å². The molecule has 27 heavy (non-hydrogen) atoms. The molecular weight excluding hydrogens is 336 g/mol. The fourth-order valence-corrected chi connectivity index (χ4v) is 3.50. The van der Waals surface area contributed by atoms with Crippen molar-refractivity contribution >= 4 is 21.8 Å². The summed E-state index contributed by atoms with van der Waals surface area (Å²) >= 11 is 0. The zero-order valence-electron chi connectivity index (χ0n) is 15.7. The molecule has 0 amide bonds. The van der Waals surface area contributed by atoms with Crippen LogP contribution in [0.3, 0.4) is 0 Å². The standard InChI is InChI=1S/C23H24N2O2/c1-16(2)23-24-20-11-5-6-12-21(20)25(23)14-18(26)15-27-22-13-7-9-17-8-3-4-10-19(17)22/h3-13,16,18,26H,14-15H2,1-2H3. The lowest BCUT2D eigenvalue weighted by Crippen LogP contribution is -2.25. The van der Waals surface area contributed by atoms with Crippen molar-refractivity contribution < 1.29 is 9.84 Å². The molecule has 1 aromatic heterocycles. The van der Waals surface area contributed by atoms with Crippen LogP contribution in [0.25, 0.3) is 21.8 Å². The van der Waals surface area contributed by atoms with Gasteiger partial charge in [-0.05, 0) is 23.6 Å². The summed E-state index contributed by atoms with van der Waals surface area (Å²) < 4.78 is 8.07. The van der Waals surface area contributed by atoms with Crippen LogP contribution in [-0.4, -0.2) is 27.4 Å². The quantitative estimate of drug-likeness (QED) is 0.540. The van der Waals surface area contributed by atoms with Gasteiger partial charge < -0.3 is 14.4 Å². The summed E-state index contributed by atoms with van der Waals surface area (Å²) in [5, 5.41) is 12.8. The van der Waals surface area contributed by atoms with Crippen LogP contribution in [0.2, 0.25) is 0 Å². The van der Waals surface area contributed by atoms with Crippen LogP contribution in [0.1, 0.15) is 25.6 Å². The average Bonchev–Trinajstić information content (AvgIpc) is 3.05. The molecule has 138 valence electrons. The molecule has 1 unspecified atom stereocenters. The highest BCUT2D eigenvalue weighted by Gasteiger charge is 2.17. The van der Waals surface area contributed by atoms with Crippen molar-refractivity contribution in [2.24, 2.45) is 0 Å². The second-order valence-corrected chi connectivity index (χ2v) is 7.17. The molecule has 1 N–H and O–H groups in total. The van der Waals surface area contributed by atoms with E-state index in [2.05, 4.69) is 30.5 Å². The Bertz CT molecular complexity index is 1060. The Morgan fingerprint density at radius 2 is 1.70 bits per heavy atom. The number of rotatable bonds is 6. The van der Waals surface area contributed by atoms with Crippen LogP contribution in [0, 0.1) is 0 Å². The molecule has 0 spiro atoms. The monoisotopic (exact) mass is 360 g/mol. The molecule has 0 aliphatic rings. The molecule has 4 rings (SSSR count). The molecule has 0 bridgehead atoms. The van der Waals surface area contributed by atoms with Crippen molar-refractivity contribution in [2.75, 3.05) is 6.61 Å². The number of benzene rings is 3. The van der Waals surface area contributed by atoms with Gasteiger partial charge in [0.05, 0.1) is 17.6 Å². The molecule has 0 radical (unpaired) electrons. The lowest BCUT2D eigenvalue weighted by molar-refractivity contribution is 0.0933. The van der Waals surface area contributed by atoms with Crippen LogP contribution < -0.4 is 4.74 Å². The van der Waals surface area contributed by atoms with Gasteiger partial charge in [0.15, 0.2) is 0 Å². The Balaban J connectivity index is 1.54. The van der Waals surface area contributed by atoms with Gasteiger partial charge in [-0.2, -0.15) is 0 Å². The van der Waals surface area contributed by atoms with Crippen LogP contribution in [0.15, 0.2) is 66.7 Å². The fourth-order valence-electron chi connectivity index (χ4n) is 3.50. The van der Waals surface area contributed by atoms with E-state index < -0.39 is 6.10 Å². The van der Waals surface area contributed by atoms with Gasteiger partial charge >= 0.3 is 0 Å². The van der Waals surface area contributed by atoms with Gasteiger partial charge in [-0.1, -0.05) is 62.4 Å². The fraction of sp³-hybridized carbons (Fsp3) is 0.261. The van der Waals surface area contributed by atoms with E-state index in [0.717, 1.165) is 33.4 Å². The first-order valence-corrected chi connectivity index (χ1v) is 9.37. The van der Waals surface area contributed by atoms with E-state index in [-0.39, 0.29) is 12.5 Å². The lowest BCUT2D eigenvalue weighted by atomic mass is 10.1. The minimum absolute atomic E-state index is 0.234. The number of hydrogen-bond acceptors (Lipinski definition) is 3. The van der Waals surface area contributed by atoms with Gasteiger partial charge in [-0.25, -0.2) is 4.98 Å². The molecule has 4 nitrogen and oxygen atoms in total. The van der Waals surface area contributed by atoms with Gasteiger partial charge in [0.25, 0.3) is 0 Å². The maximum absolute atomic E-state index is 10.6. The molecule has 0 saturated carbocycles. The summed E-state index contributed by atoms with van der Waals surface area (Å²) in [4.78, 5) is 4.74. The third-order valence-corrected chi connectivity index (χ3v) is 4.77. The summed E-state index contributed by atoms with van der Waals surface area (Å²) in [6.07, 6.45) is -0.626. The van der Waals surface area contributed by atoms with E-state index in [0.29, 0.717) is 6.54 Å². The first-order chi connectivity index (χ1) is 13.1. The highest BCUT2D eigenvalue weighted by molar-refractivity contribution is 5.88. The Morgan fingerprint density at radius 3 is 2.56 bits per heavy atom. The van der Waals surface area contributed by atoms with Gasteiger partial charge in [-0.3, -0.25) is 0 Å². The SMILES string of the molecule is CC(C)c1nc2ccccc2n1CC(O)COc1cccc2ccccc12. The molecule has 0 aliphatic carbocycles. The molecule has 1 atom stereocenters. The Hall–Kier alpha value is -2.85. The number of aliphatic hydroxyl groups excluding tert-OH is 1. The minimum Gasteiger partial charge on any atom is -0.490 e. The minimum atomic E-state index is -0.626. The summed E-state index contributed by atoms with van der Waals surface area (Å²) in [7, 11) is 0. The van der Waals surface area contributed by atoms with Crippen molar-refractivity contribution in [3.63, 3.8) is 0 Å². The predicted octanol–water partition coefficient (Wildman–Crippen LogP) is 4.75. The number of hydrogen-bond donors (Lipinski definition) is 1. The highest BCUT2D eigenvalue weighted by atomic mass is 16.5.